The van der Waals surface area contributed by atoms with Crippen molar-refractivity contribution in [3.05, 3.63) is 70.2 Å². The van der Waals surface area contributed by atoms with Crippen LogP contribution in [0.2, 0.25) is 5.02 Å². The van der Waals surface area contributed by atoms with E-state index in [9.17, 15) is 0 Å². The standard InChI is InChI=1S/C17H16ClN3S/c18-15-8-4-7-14-13(15)9-10-16(14)20-21-17(22)19-11-12-5-2-1-3-6-12/h1-8H,9-11H2,(H2,19,21,22). The van der Waals surface area contributed by atoms with E-state index in [0.29, 0.717) is 11.7 Å². The maximum atomic E-state index is 6.20. The third-order valence-electron chi connectivity index (χ3n) is 3.63. The molecule has 112 valence electrons. The monoisotopic (exact) mass is 329 g/mol. The maximum absolute atomic E-state index is 6.20. The van der Waals surface area contributed by atoms with E-state index in [1.807, 2.05) is 30.3 Å². The number of hydrogen-bond donors (Lipinski definition) is 2. The zero-order valence-electron chi connectivity index (χ0n) is 12.0. The highest BCUT2D eigenvalue weighted by Crippen LogP contribution is 2.28. The van der Waals surface area contributed by atoms with Gasteiger partial charge < -0.3 is 5.32 Å². The lowest BCUT2D eigenvalue weighted by atomic mass is 10.1. The van der Waals surface area contributed by atoms with Crippen LogP contribution >= 0.6 is 23.8 Å². The van der Waals surface area contributed by atoms with Crippen LogP contribution in [0.4, 0.5) is 0 Å². The van der Waals surface area contributed by atoms with Gasteiger partial charge in [-0.25, -0.2) is 0 Å². The second-order valence-electron chi connectivity index (χ2n) is 5.10. The molecular weight excluding hydrogens is 314 g/mol. The van der Waals surface area contributed by atoms with Crippen molar-refractivity contribution < 1.29 is 0 Å². The van der Waals surface area contributed by atoms with E-state index in [-0.39, 0.29) is 0 Å². The molecule has 0 saturated heterocycles. The molecule has 0 heterocycles. The van der Waals surface area contributed by atoms with Crippen molar-refractivity contribution in [3.8, 4) is 0 Å². The molecule has 0 aromatic heterocycles. The number of halogens is 1. The fraction of sp³-hybridized carbons (Fsp3) is 0.176. The van der Waals surface area contributed by atoms with Gasteiger partial charge in [0.2, 0.25) is 0 Å². The number of rotatable bonds is 3. The Morgan fingerprint density at radius 2 is 1.91 bits per heavy atom. The molecule has 0 radical (unpaired) electrons. The minimum atomic E-state index is 0.520. The number of benzene rings is 2. The highest BCUT2D eigenvalue weighted by atomic mass is 35.5. The average molecular weight is 330 g/mol. The van der Waals surface area contributed by atoms with Gasteiger partial charge in [-0.1, -0.05) is 54.1 Å². The Balaban J connectivity index is 1.59. The van der Waals surface area contributed by atoms with E-state index >= 15 is 0 Å². The van der Waals surface area contributed by atoms with Gasteiger partial charge in [-0.2, -0.15) is 5.10 Å². The number of fused-ring (bicyclic) bond motifs is 1. The van der Waals surface area contributed by atoms with Crippen LogP contribution in [0.25, 0.3) is 0 Å². The quantitative estimate of drug-likeness (QED) is 0.666. The van der Waals surface area contributed by atoms with Crippen molar-refractivity contribution in [2.75, 3.05) is 0 Å². The number of nitrogens with one attached hydrogen (secondary N) is 2. The minimum absolute atomic E-state index is 0.520. The average Bonchev–Trinajstić information content (AvgIpc) is 2.96. The molecule has 3 rings (SSSR count). The first-order valence-corrected chi connectivity index (χ1v) is 7.95. The van der Waals surface area contributed by atoms with Crippen LogP contribution in [-0.2, 0) is 13.0 Å². The van der Waals surface area contributed by atoms with Gasteiger partial charge in [0, 0.05) is 17.1 Å². The Hall–Kier alpha value is -1.91. The van der Waals surface area contributed by atoms with Crippen molar-refractivity contribution in [2.45, 2.75) is 19.4 Å². The van der Waals surface area contributed by atoms with E-state index in [0.717, 1.165) is 29.1 Å². The second-order valence-corrected chi connectivity index (χ2v) is 5.92. The lowest BCUT2D eigenvalue weighted by Crippen LogP contribution is -2.32. The second kappa shape index (κ2) is 6.90. The molecule has 2 aromatic rings. The normalized spacial score (nSPS) is 14.7. The molecule has 2 aromatic carbocycles. The van der Waals surface area contributed by atoms with Gasteiger partial charge in [0.1, 0.15) is 0 Å². The van der Waals surface area contributed by atoms with Crippen molar-refractivity contribution in [1.82, 2.24) is 10.7 Å². The zero-order valence-corrected chi connectivity index (χ0v) is 13.5. The summed E-state index contributed by atoms with van der Waals surface area (Å²) in [5, 5.41) is 8.90. The highest BCUT2D eigenvalue weighted by Gasteiger charge is 2.19. The number of nitrogens with zero attached hydrogens (tertiary/aromatic N) is 1. The third kappa shape index (κ3) is 3.46. The molecule has 0 bridgehead atoms. The Morgan fingerprint density at radius 3 is 2.73 bits per heavy atom. The van der Waals surface area contributed by atoms with Crippen LogP contribution in [0.3, 0.4) is 0 Å². The first kappa shape index (κ1) is 15.0. The minimum Gasteiger partial charge on any atom is -0.357 e. The predicted molar refractivity (Wildman–Crippen MR) is 95.3 cm³/mol. The summed E-state index contributed by atoms with van der Waals surface area (Å²) in [6, 6.07) is 16.0. The third-order valence-corrected chi connectivity index (χ3v) is 4.22. The van der Waals surface area contributed by atoms with Gasteiger partial charge >= 0.3 is 0 Å². The van der Waals surface area contributed by atoms with E-state index in [1.54, 1.807) is 0 Å². The van der Waals surface area contributed by atoms with Crippen LogP contribution in [0.1, 0.15) is 23.1 Å². The van der Waals surface area contributed by atoms with Crippen LogP contribution in [-0.4, -0.2) is 10.8 Å². The molecule has 0 amide bonds. The van der Waals surface area contributed by atoms with Gasteiger partial charge in [0.15, 0.2) is 5.11 Å². The maximum Gasteiger partial charge on any atom is 0.187 e. The first-order valence-electron chi connectivity index (χ1n) is 7.16. The molecule has 0 spiro atoms. The smallest absolute Gasteiger partial charge is 0.187 e. The van der Waals surface area contributed by atoms with E-state index in [4.69, 9.17) is 23.8 Å². The highest BCUT2D eigenvalue weighted by molar-refractivity contribution is 7.80. The van der Waals surface area contributed by atoms with Crippen LogP contribution < -0.4 is 10.7 Å². The van der Waals surface area contributed by atoms with E-state index in [2.05, 4.69) is 34.0 Å². The van der Waals surface area contributed by atoms with Gasteiger partial charge in [0.25, 0.3) is 0 Å². The number of hydrazone groups is 1. The summed E-state index contributed by atoms with van der Waals surface area (Å²) in [7, 11) is 0. The first-order chi connectivity index (χ1) is 10.7. The molecule has 0 unspecified atom stereocenters. The summed E-state index contributed by atoms with van der Waals surface area (Å²) < 4.78 is 0. The molecule has 3 nitrogen and oxygen atoms in total. The Labute approximate surface area is 140 Å². The summed E-state index contributed by atoms with van der Waals surface area (Å²) in [5.41, 5.74) is 7.39. The zero-order chi connectivity index (χ0) is 15.4. The van der Waals surface area contributed by atoms with E-state index < -0.39 is 0 Å². The van der Waals surface area contributed by atoms with E-state index in [1.165, 1.54) is 11.1 Å². The number of hydrogen-bond acceptors (Lipinski definition) is 2. The van der Waals surface area contributed by atoms with Crippen molar-refractivity contribution in [1.29, 1.82) is 0 Å². The SMILES string of the molecule is S=C(NCc1ccccc1)NN=C1CCc2c(Cl)cccc21. The molecule has 2 N–H and O–H groups in total. The summed E-state index contributed by atoms with van der Waals surface area (Å²) in [6.07, 6.45) is 1.81. The van der Waals surface area contributed by atoms with Crippen molar-refractivity contribution >= 4 is 34.6 Å². The molecule has 0 aliphatic heterocycles. The Kier molecular flexibility index (Phi) is 4.71. The molecule has 0 fully saturated rings. The van der Waals surface area contributed by atoms with Crippen LogP contribution in [0.15, 0.2) is 53.6 Å². The van der Waals surface area contributed by atoms with Gasteiger partial charge in [0.05, 0.1) is 5.71 Å². The Morgan fingerprint density at radius 1 is 1.09 bits per heavy atom. The Bertz CT molecular complexity index is 713. The van der Waals surface area contributed by atoms with Gasteiger partial charge in [-0.3, -0.25) is 5.43 Å². The molecule has 1 aliphatic rings. The summed E-state index contributed by atoms with van der Waals surface area (Å²) >= 11 is 11.5. The summed E-state index contributed by atoms with van der Waals surface area (Å²) in [5.74, 6) is 0. The molecule has 0 atom stereocenters. The van der Waals surface area contributed by atoms with Crippen molar-refractivity contribution in [2.24, 2.45) is 5.10 Å². The lowest BCUT2D eigenvalue weighted by molar-refractivity contribution is 0.864. The molecule has 22 heavy (non-hydrogen) atoms. The molecular formula is C17H16ClN3S. The summed E-state index contributed by atoms with van der Waals surface area (Å²) in [4.78, 5) is 0. The predicted octanol–water partition coefficient (Wildman–Crippen LogP) is 3.65. The molecule has 1 aliphatic carbocycles. The molecule has 5 heteroatoms. The fourth-order valence-corrected chi connectivity index (χ4v) is 2.90. The van der Waals surface area contributed by atoms with Gasteiger partial charge in [-0.05, 0) is 42.3 Å². The van der Waals surface area contributed by atoms with Crippen LogP contribution in [0, 0.1) is 0 Å². The van der Waals surface area contributed by atoms with Crippen LogP contribution in [0.5, 0.6) is 0 Å². The van der Waals surface area contributed by atoms with Gasteiger partial charge in [-0.15, -0.1) is 0 Å². The van der Waals surface area contributed by atoms with Crippen molar-refractivity contribution in [3.63, 3.8) is 0 Å². The topological polar surface area (TPSA) is 36.4 Å². The molecule has 0 saturated carbocycles. The number of thiocarbonyl (C=S) groups is 1. The fourth-order valence-electron chi connectivity index (χ4n) is 2.51. The lowest BCUT2D eigenvalue weighted by Gasteiger charge is -2.08. The largest absolute Gasteiger partial charge is 0.357 e. The summed E-state index contributed by atoms with van der Waals surface area (Å²) in [6.45, 7) is 0.680.